The third kappa shape index (κ3) is 4.72. The van der Waals surface area contributed by atoms with Gasteiger partial charge in [0, 0.05) is 13.1 Å². The molecule has 1 aromatic carbocycles. The summed E-state index contributed by atoms with van der Waals surface area (Å²) in [5, 5.41) is 9.86. The first-order valence-corrected chi connectivity index (χ1v) is 12.7. The van der Waals surface area contributed by atoms with Crippen molar-refractivity contribution in [3.8, 4) is 10.8 Å². The van der Waals surface area contributed by atoms with Crippen LogP contribution in [-0.2, 0) is 21.1 Å². The van der Waals surface area contributed by atoms with Crippen molar-refractivity contribution in [2.45, 2.75) is 49.2 Å². The average molecular weight is 460 g/mol. The Morgan fingerprint density at radius 1 is 1.23 bits per heavy atom. The maximum absolute atomic E-state index is 12.9. The van der Waals surface area contributed by atoms with Crippen molar-refractivity contribution >= 4 is 27.1 Å². The summed E-state index contributed by atoms with van der Waals surface area (Å²) in [6.07, 6.45) is 2.01. The zero-order valence-electron chi connectivity index (χ0n) is 17.5. The Kier molecular flexibility index (Phi) is 6.24. The van der Waals surface area contributed by atoms with Crippen molar-refractivity contribution in [3.63, 3.8) is 0 Å². The van der Waals surface area contributed by atoms with E-state index in [1.807, 2.05) is 22.4 Å². The lowest BCUT2D eigenvalue weighted by Crippen LogP contribution is -2.40. The van der Waals surface area contributed by atoms with E-state index in [4.69, 9.17) is 4.42 Å². The largest absolute Gasteiger partial charge is 0.420 e. The van der Waals surface area contributed by atoms with E-state index in [1.165, 1.54) is 0 Å². The lowest BCUT2D eigenvalue weighted by molar-refractivity contribution is -0.131. The highest BCUT2D eigenvalue weighted by atomic mass is 32.2. The summed E-state index contributed by atoms with van der Waals surface area (Å²) in [5.41, 5.74) is 0.799. The minimum atomic E-state index is -3.31. The van der Waals surface area contributed by atoms with Crippen LogP contribution in [0.25, 0.3) is 10.8 Å². The first-order valence-electron chi connectivity index (χ1n) is 10.3. The molecule has 1 atom stereocenters. The molecule has 0 N–H and O–H groups in total. The molecule has 1 aliphatic heterocycles. The van der Waals surface area contributed by atoms with Gasteiger partial charge in [0.2, 0.25) is 11.8 Å². The topological polar surface area (TPSA) is 93.4 Å². The van der Waals surface area contributed by atoms with Crippen molar-refractivity contribution < 1.29 is 17.6 Å². The molecule has 1 unspecified atom stereocenters. The van der Waals surface area contributed by atoms with E-state index < -0.39 is 15.1 Å². The van der Waals surface area contributed by atoms with Crippen molar-refractivity contribution in [2.24, 2.45) is 0 Å². The monoisotopic (exact) mass is 459 g/mol. The van der Waals surface area contributed by atoms with Crippen molar-refractivity contribution in [1.29, 1.82) is 0 Å². The van der Waals surface area contributed by atoms with E-state index in [-0.39, 0.29) is 23.1 Å². The molecule has 1 aliphatic rings. The van der Waals surface area contributed by atoms with Crippen LogP contribution >= 0.6 is 11.3 Å². The van der Waals surface area contributed by atoms with Gasteiger partial charge >= 0.3 is 0 Å². The average Bonchev–Trinajstić information content (AvgIpc) is 3.46. The number of amides is 1. The Hall–Kier alpha value is -2.52. The predicted octanol–water partition coefficient (Wildman–Crippen LogP) is 3.93. The third-order valence-electron chi connectivity index (χ3n) is 5.52. The van der Waals surface area contributed by atoms with E-state index in [2.05, 4.69) is 10.2 Å². The van der Waals surface area contributed by atoms with E-state index >= 15 is 0 Å². The van der Waals surface area contributed by atoms with Gasteiger partial charge in [0.05, 0.1) is 27.4 Å². The molecule has 31 heavy (non-hydrogen) atoms. The lowest BCUT2D eigenvalue weighted by atomic mass is 9.97. The second-order valence-electron chi connectivity index (χ2n) is 8.02. The SMILES string of the molecule is CC(C)S(=O)(=O)c1ccc(CC(=O)N2CCCC(c3nnc(-c4cccs4)o3)C2)cc1. The van der Waals surface area contributed by atoms with Crippen LogP contribution in [0.15, 0.2) is 51.1 Å². The zero-order chi connectivity index (χ0) is 22.0. The molecule has 0 bridgehead atoms. The highest BCUT2D eigenvalue weighted by Crippen LogP contribution is 2.30. The Balaban J connectivity index is 1.40. The molecule has 0 radical (unpaired) electrons. The number of thiophene rings is 1. The fraction of sp³-hybridized carbons (Fsp3) is 0.409. The molecule has 1 amide bonds. The van der Waals surface area contributed by atoms with E-state index in [0.717, 1.165) is 23.3 Å². The number of benzene rings is 1. The Bertz CT molecular complexity index is 1140. The van der Waals surface area contributed by atoms with Gasteiger partial charge < -0.3 is 9.32 Å². The maximum Gasteiger partial charge on any atom is 0.257 e. The molecule has 4 rings (SSSR count). The van der Waals surface area contributed by atoms with Crippen LogP contribution in [0.2, 0.25) is 0 Å². The molecular formula is C22H25N3O4S2. The predicted molar refractivity (Wildman–Crippen MR) is 119 cm³/mol. The quantitative estimate of drug-likeness (QED) is 0.554. The van der Waals surface area contributed by atoms with E-state index in [0.29, 0.717) is 24.9 Å². The molecule has 0 spiro atoms. The van der Waals surface area contributed by atoms with Crippen molar-refractivity contribution in [1.82, 2.24) is 15.1 Å². The number of rotatable bonds is 6. The number of likely N-dealkylation sites (tertiary alicyclic amines) is 1. The third-order valence-corrected chi connectivity index (χ3v) is 8.55. The fourth-order valence-corrected chi connectivity index (χ4v) is 5.36. The molecule has 7 nitrogen and oxygen atoms in total. The standard InChI is InChI=1S/C22H25N3O4S2/c1-15(2)31(27,28)18-9-7-16(8-10-18)13-20(26)25-11-3-5-17(14-25)21-23-24-22(29-21)19-6-4-12-30-19/h4,6-10,12,15,17H,3,5,11,13-14H2,1-2H3. The van der Waals surface area contributed by atoms with Crippen molar-refractivity contribution in [2.75, 3.05) is 13.1 Å². The molecule has 3 heterocycles. The molecular weight excluding hydrogens is 434 g/mol. The summed E-state index contributed by atoms with van der Waals surface area (Å²) in [7, 11) is -3.31. The highest BCUT2D eigenvalue weighted by molar-refractivity contribution is 7.92. The fourth-order valence-electron chi connectivity index (χ4n) is 3.66. The van der Waals surface area contributed by atoms with Gasteiger partial charge in [-0.15, -0.1) is 21.5 Å². The van der Waals surface area contributed by atoms with Gasteiger partial charge in [0.25, 0.3) is 5.89 Å². The van der Waals surface area contributed by atoms with Gasteiger partial charge in [0.15, 0.2) is 9.84 Å². The lowest BCUT2D eigenvalue weighted by Gasteiger charge is -2.31. The smallest absolute Gasteiger partial charge is 0.257 e. The van der Waals surface area contributed by atoms with Crippen LogP contribution in [-0.4, -0.2) is 47.8 Å². The minimum Gasteiger partial charge on any atom is -0.420 e. The highest BCUT2D eigenvalue weighted by Gasteiger charge is 2.29. The van der Waals surface area contributed by atoms with Crippen molar-refractivity contribution in [3.05, 3.63) is 53.2 Å². The number of piperidine rings is 1. The second kappa shape index (κ2) is 8.92. The molecule has 1 saturated heterocycles. The summed E-state index contributed by atoms with van der Waals surface area (Å²) in [4.78, 5) is 15.9. The van der Waals surface area contributed by atoms with Gasteiger partial charge in [-0.05, 0) is 55.8 Å². The number of carbonyl (C=O) groups is 1. The Morgan fingerprint density at radius 3 is 2.68 bits per heavy atom. The Morgan fingerprint density at radius 2 is 2.00 bits per heavy atom. The maximum atomic E-state index is 12.9. The van der Waals surface area contributed by atoms with Gasteiger partial charge in [-0.2, -0.15) is 0 Å². The number of hydrogen-bond donors (Lipinski definition) is 0. The normalized spacial score (nSPS) is 17.3. The summed E-state index contributed by atoms with van der Waals surface area (Å²) >= 11 is 1.55. The van der Waals surface area contributed by atoms with Crippen LogP contribution in [0.5, 0.6) is 0 Å². The molecule has 0 saturated carbocycles. The molecule has 3 aromatic rings. The number of hydrogen-bond acceptors (Lipinski definition) is 7. The summed E-state index contributed by atoms with van der Waals surface area (Å²) < 4.78 is 30.4. The van der Waals surface area contributed by atoms with Gasteiger partial charge in [-0.25, -0.2) is 8.42 Å². The first-order chi connectivity index (χ1) is 14.8. The van der Waals surface area contributed by atoms with E-state index in [9.17, 15) is 13.2 Å². The molecule has 0 aliphatic carbocycles. The number of carbonyl (C=O) groups excluding carboxylic acids is 1. The number of sulfone groups is 1. The first kappa shape index (κ1) is 21.7. The minimum absolute atomic E-state index is 0.0159. The zero-order valence-corrected chi connectivity index (χ0v) is 19.2. The van der Waals surface area contributed by atoms with Gasteiger partial charge in [-0.3, -0.25) is 4.79 Å². The molecule has 1 fully saturated rings. The second-order valence-corrected chi connectivity index (χ2v) is 11.5. The molecule has 164 valence electrons. The Labute approximate surface area is 186 Å². The number of aromatic nitrogens is 2. The molecule has 2 aromatic heterocycles. The van der Waals surface area contributed by atoms with Crippen LogP contribution in [0.4, 0.5) is 0 Å². The van der Waals surface area contributed by atoms with Crippen LogP contribution in [0.1, 0.15) is 44.1 Å². The molecule has 9 heteroatoms. The van der Waals surface area contributed by atoms with Crippen LogP contribution in [0.3, 0.4) is 0 Å². The summed E-state index contributed by atoms with van der Waals surface area (Å²) in [6, 6.07) is 10.5. The summed E-state index contributed by atoms with van der Waals surface area (Å²) in [6.45, 7) is 4.56. The summed E-state index contributed by atoms with van der Waals surface area (Å²) in [5.74, 6) is 1.13. The number of nitrogens with zero attached hydrogens (tertiary/aromatic N) is 3. The van der Waals surface area contributed by atoms with Crippen LogP contribution < -0.4 is 0 Å². The van der Waals surface area contributed by atoms with Gasteiger partial charge in [-0.1, -0.05) is 18.2 Å². The van der Waals surface area contributed by atoms with E-state index in [1.54, 1.807) is 49.4 Å². The van der Waals surface area contributed by atoms with Crippen LogP contribution in [0, 0.1) is 0 Å². The van der Waals surface area contributed by atoms with Gasteiger partial charge in [0.1, 0.15) is 0 Å².